The molecule has 0 radical (unpaired) electrons. The lowest BCUT2D eigenvalue weighted by molar-refractivity contribution is -0.143. The number of carbonyl (C=O) groups is 3. The smallest absolute Gasteiger partial charge is 0.411 e. The van der Waals surface area contributed by atoms with Gasteiger partial charge in [-0.1, -0.05) is 48.5 Å². The minimum Gasteiger partial charge on any atom is -0.480 e. The van der Waals surface area contributed by atoms with Gasteiger partial charge in [-0.25, -0.2) is 4.79 Å². The molecule has 2 aromatic carbocycles. The largest absolute Gasteiger partial charge is 0.480 e. The Balaban J connectivity index is 1.44. The first-order chi connectivity index (χ1) is 15.4. The van der Waals surface area contributed by atoms with E-state index < -0.39 is 12.1 Å². The number of hydrogen-bond acceptors (Lipinski definition) is 5. The van der Waals surface area contributed by atoms with E-state index in [0.717, 1.165) is 11.1 Å². The van der Waals surface area contributed by atoms with Crippen LogP contribution in [0.2, 0.25) is 0 Å². The van der Waals surface area contributed by atoms with Crippen LogP contribution in [0.3, 0.4) is 0 Å². The molecule has 8 heteroatoms. The van der Waals surface area contributed by atoms with E-state index in [-0.39, 0.29) is 25.0 Å². The first kappa shape index (κ1) is 23.3. The molecule has 2 aromatic rings. The first-order valence-corrected chi connectivity index (χ1v) is 10.7. The zero-order chi connectivity index (χ0) is 22.9. The number of nitrogens with zero attached hydrogens (tertiary/aromatic N) is 2. The van der Waals surface area contributed by atoms with E-state index in [4.69, 9.17) is 9.84 Å². The summed E-state index contributed by atoms with van der Waals surface area (Å²) in [5.74, 6) is -1.22. The van der Waals surface area contributed by atoms with E-state index in [0.29, 0.717) is 38.2 Å². The highest BCUT2D eigenvalue weighted by molar-refractivity contribution is 5.91. The lowest BCUT2D eigenvalue weighted by Crippen LogP contribution is -2.41. The Morgan fingerprint density at radius 2 is 1.72 bits per heavy atom. The number of carboxylic acid groups (broad SMARTS) is 1. The predicted molar refractivity (Wildman–Crippen MR) is 121 cm³/mol. The van der Waals surface area contributed by atoms with Crippen molar-refractivity contribution in [2.75, 3.05) is 38.5 Å². The van der Waals surface area contributed by atoms with Crippen molar-refractivity contribution in [3.05, 3.63) is 54.6 Å². The van der Waals surface area contributed by atoms with Crippen LogP contribution in [0.25, 0.3) is 11.1 Å². The maximum atomic E-state index is 12.5. The average Bonchev–Trinajstić information content (AvgIpc) is 2.79. The number of anilines is 1. The number of nitrogens with one attached hydrogen (secondary N) is 1. The van der Waals surface area contributed by atoms with E-state index in [9.17, 15) is 14.4 Å². The minimum absolute atomic E-state index is 0.180. The van der Waals surface area contributed by atoms with Gasteiger partial charge < -0.3 is 19.6 Å². The van der Waals surface area contributed by atoms with Gasteiger partial charge in [-0.05, 0) is 24.5 Å². The molecular formula is C24H29N3O5. The van der Waals surface area contributed by atoms with Crippen molar-refractivity contribution in [2.24, 2.45) is 0 Å². The number of likely N-dealkylation sites (N-methyl/N-ethyl adjacent to an activating group) is 1. The van der Waals surface area contributed by atoms with Gasteiger partial charge in [0.2, 0.25) is 5.91 Å². The van der Waals surface area contributed by atoms with Gasteiger partial charge in [0.15, 0.2) is 0 Å². The van der Waals surface area contributed by atoms with Crippen LogP contribution in [0.15, 0.2) is 54.6 Å². The maximum absolute atomic E-state index is 12.5. The van der Waals surface area contributed by atoms with Crippen molar-refractivity contribution in [1.29, 1.82) is 0 Å². The number of likely N-dealkylation sites (tertiary alicyclic amines) is 1. The molecule has 0 aliphatic carbocycles. The highest BCUT2D eigenvalue weighted by Crippen LogP contribution is 2.28. The lowest BCUT2D eigenvalue weighted by atomic mass is 10.0. The topological polar surface area (TPSA) is 99.2 Å². The van der Waals surface area contributed by atoms with Gasteiger partial charge in [0, 0.05) is 38.7 Å². The molecule has 0 saturated carbocycles. The molecule has 1 fully saturated rings. The third kappa shape index (κ3) is 6.81. The molecule has 170 valence electrons. The van der Waals surface area contributed by atoms with E-state index in [1.54, 1.807) is 0 Å². The summed E-state index contributed by atoms with van der Waals surface area (Å²) in [6, 6.07) is 17.4. The summed E-state index contributed by atoms with van der Waals surface area (Å²) >= 11 is 0. The van der Waals surface area contributed by atoms with Crippen LogP contribution in [0.1, 0.15) is 19.3 Å². The van der Waals surface area contributed by atoms with Gasteiger partial charge in [0.1, 0.15) is 12.6 Å². The Morgan fingerprint density at radius 3 is 2.41 bits per heavy atom. The van der Waals surface area contributed by atoms with E-state index >= 15 is 0 Å². The molecule has 0 unspecified atom stereocenters. The molecule has 8 nitrogen and oxygen atoms in total. The van der Waals surface area contributed by atoms with E-state index in [1.807, 2.05) is 54.6 Å². The number of ether oxygens (including phenoxy) is 1. The molecule has 0 bridgehead atoms. The Bertz CT molecular complexity index is 926. The molecule has 1 saturated heterocycles. The van der Waals surface area contributed by atoms with Gasteiger partial charge in [0.05, 0.1) is 5.69 Å². The first-order valence-electron chi connectivity index (χ1n) is 10.7. The molecular weight excluding hydrogens is 410 g/mol. The Kier molecular flexibility index (Phi) is 8.21. The molecule has 3 rings (SSSR count). The maximum Gasteiger partial charge on any atom is 0.411 e. The van der Waals surface area contributed by atoms with Crippen molar-refractivity contribution in [3.8, 4) is 11.1 Å². The third-order valence-electron chi connectivity index (χ3n) is 5.50. The summed E-state index contributed by atoms with van der Waals surface area (Å²) in [5.41, 5.74) is 2.64. The standard InChI is InChI=1S/C24H29N3O5/c1-26(17-23(29)30)22(28)13-16-27-14-11-19(12-15-27)32-24(31)25-21-10-6-5-9-20(21)18-7-3-2-4-8-18/h2-10,19H,11-17H2,1H3,(H,25,31)(H,29,30). The monoisotopic (exact) mass is 439 g/mol. The normalized spacial score (nSPS) is 14.5. The fraction of sp³-hybridized carbons (Fsp3) is 0.375. The zero-order valence-electron chi connectivity index (χ0n) is 18.2. The quantitative estimate of drug-likeness (QED) is 0.655. The number of piperidine rings is 1. The van der Waals surface area contributed by atoms with Gasteiger partial charge in [-0.3, -0.25) is 14.9 Å². The van der Waals surface area contributed by atoms with Gasteiger partial charge >= 0.3 is 12.1 Å². The fourth-order valence-electron chi connectivity index (χ4n) is 3.74. The Labute approximate surface area is 187 Å². The summed E-state index contributed by atoms with van der Waals surface area (Å²) in [6.07, 6.45) is 0.990. The van der Waals surface area contributed by atoms with Crippen LogP contribution in [-0.2, 0) is 14.3 Å². The van der Waals surface area contributed by atoms with Crippen molar-refractivity contribution in [2.45, 2.75) is 25.4 Å². The fourth-order valence-corrected chi connectivity index (χ4v) is 3.74. The predicted octanol–water partition coefficient (Wildman–Crippen LogP) is 3.30. The van der Waals surface area contributed by atoms with Crippen LogP contribution < -0.4 is 5.32 Å². The van der Waals surface area contributed by atoms with Gasteiger partial charge in [-0.2, -0.15) is 0 Å². The second-order valence-corrected chi connectivity index (χ2v) is 7.88. The average molecular weight is 440 g/mol. The SMILES string of the molecule is CN(CC(=O)O)C(=O)CCN1CCC(OC(=O)Nc2ccccc2-c2ccccc2)CC1. The molecule has 0 spiro atoms. The molecule has 1 heterocycles. The molecule has 32 heavy (non-hydrogen) atoms. The number of carbonyl (C=O) groups excluding carboxylic acids is 2. The van der Waals surface area contributed by atoms with E-state index in [1.165, 1.54) is 11.9 Å². The van der Waals surface area contributed by atoms with Gasteiger partial charge in [0.25, 0.3) is 0 Å². The van der Waals surface area contributed by atoms with Crippen LogP contribution in [0, 0.1) is 0 Å². The summed E-state index contributed by atoms with van der Waals surface area (Å²) < 4.78 is 5.62. The second-order valence-electron chi connectivity index (χ2n) is 7.88. The molecule has 2 N–H and O–H groups in total. The highest BCUT2D eigenvalue weighted by atomic mass is 16.6. The molecule has 0 atom stereocenters. The Hall–Kier alpha value is -3.39. The van der Waals surface area contributed by atoms with Crippen LogP contribution in [-0.4, -0.2) is 72.2 Å². The lowest BCUT2D eigenvalue weighted by Gasteiger charge is -2.31. The number of amides is 2. The highest BCUT2D eigenvalue weighted by Gasteiger charge is 2.23. The molecule has 1 aliphatic rings. The van der Waals surface area contributed by atoms with Crippen molar-refractivity contribution in [1.82, 2.24) is 9.80 Å². The van der Waals surface area contributed by atoms with Crippen molar-refractivity contribution >= 4 is 23.7 Å². The zero-order valence-corrected chi connectivity index (χ0v) is 18.2. The number of para-hydroxylation sites is 1. The number of rotatable bonds is 8. The summed E-state index contributed by atoms with van der Waals surface area (Å²) in [5, 5.41) is 11.6. The number of carboxylic acids is 1. The molecule has 0 aromatic heterocycles. The summed E-state index contributed by atoms with van der Waals surface area (Å²) in [6.45, 7) is 1.70. The number of aliphatic carboxylic acids is 1. The number of benzene rings is 2. The minimum atomic E-state index is -1.02. The second kappa shape index (κ2) is 11.3. The number of hydrogen-bond donors (Lipinski definition) is 2. The van der Waals surface area contributed by atoms with Gasteiger partial charge in [-0.15, -0.1) is 0 Å². The summed E-state index contributed by atoms with van der Waals surface area (Å²) in [7, 11) is 1.49. The molecule has 1 aliphatic heterocycles. The van der Waals surface area contributed by atoms with Crippen LogP contribution in [0.4, 0.5) is 10.5 Å². The summed E-state index contributed by atoms with van der Waals surface area (Å²) in [4.78, 5) is 38.5. The molecule has 2 amide bonds. The Morgan fingerprint density at radius 1 is 1.06 bits per heavy atom. The van der Waals surface area contributed by atoms with E-state index in [2.05, 4.69) is 10.2 Å². The third-order valence-corrected chi connectivity index (χ3v) is 5.50. The van der Waals surface area contributed by atoms with Crippen molar-refractivity contribution in [3.63, 3.8) is 0 Å². The van der Waals surface area contributed by atoms with Crippen molar-refractivity contribution < 1.29 is 24.2 Å². The van der Waals surface area contributed by atoms with Crippen LogP contribution in [0.5, 0.6) is 0 Å². The van der Waals surface area contributed by atoms with Crippen LogP contribution >= 0.6 is 0 Å².